The number of aliphatic carboxylic acids is 1. The van der Waals surface area contributed by atoms with E-state index in [1.54, 1.807) is 4.90 Å². The normalized spacial score (nSPS) is 21.9. The zero-order valence-corrected chi connectivity index (χ0v) is 19.8. The lowest BCUT2D eigenvalue weighted by atomic mass is 9.74. The Labute approximate surface area is 201 Å². The molecule has 0 aliphatic carbocycles. The second kappa shape index (κ2) is 10.4. The summed E-state index contributed by atoms with van der Waals surface area (Å²) in [6.07, 6.45) is 5.14. The van der Waals surface area contributed by atoms with Crippen LogP contribution in [0.2, 0.25) is 0 Å². The predicted octanol–water partition coefficient (Wildman–Crippen LogP) is 4.14. The first kappa shape index (κ1) is 24.0. The third-order valence-corrected chi connectivity index (χ3v) is 7.27. The number of ether oxygens (including phenoxy) is 1. The van der Waals surface area contributed by atoms with Crippen LogP contribution >= 0.6 is 0 Å². The van der Waals surface area contributed by atoms with E-state index in [1.807, 2.05) is 61.5 Å². The van der Waals surface area contributed by atoms with E-state index in [0.29, 0.717) is 38.8 Å². The summed E-state index contributed by atoms with van der Waals surface area (Å²) in [5.74, 6) is -0.299. The number of carboxylic acids is 1. The molecule has 6 nitrogen and oxygen atoms in total. The van der Waals surface area contributed by atoms with Crippen molar-refractivity contribution in [2.45, 2.75) is 45.1 Å². The lowest BCUT2D eigenvalue weighted by Gasteiger charge is -2.41. The van der Waals surface area contributed by atoms with Crippen LogP contribution in [0.1, 0.15) is 43.7 Å². The number of piperidine rings is 1. The highest BCUT2D eigenvalue weighted by Crippen LogP contribution is 2.36. The minimum atomic E-state index is -0.995. The average molecular weight is 463 g/mol. The number of carbonyl (C=O) groups is 2. The number of carbonyl (C=O) groups excluding carboxylic acids is 1. The Morgan fingerprint density at radius 3 is 2.62 bits per heavy atom. The van der Waals surface area contributed by atoms with Gasteiger partial charge in [-0.3, -0.25) is 9.59 Å². The zero-order chi connectivity index (χ0) is 24.1. The highest BCUT2D eigenvalue weighted by molar-refractivity contribution is 5.84. The van der Waals surface area contributed by atoms with Crippen molar-refractivity contribution in [3.63, 3.8) is 0 Å². The lowest BCUT2D eigenvalue weighted by molar-refractivity contribution is -0.155. The van der Waals surface area contributed by atoms with Crippen LogP contribution < -0.4 is 10.5 Å². The first-order valence-corrected chi connectivity index (χ1v) is 12.2. The maximum Gasteiger partial charge on any atom is 0.311 e. The highest BCUT2D eigenvalue weighted by Gasteiger charge is 2.45. The van der Waals surface area contributed by atoms with Gasteiger partial charge in [-0.15, -0.1) is 0 Å². The van der Waals surface area contributed by atoms with E-state index in [4.69, 9.17) is 10.5 Å². The summed E-state index contributed by atoms with van der Waals surface area (Å²) in [6.45, 7) is 3.32. The third-order valence-electron chi connectivity index (χ3n) is 7.27. The number of para-hydroxylation sites is 1. The molecule has 2 heterocycles. The summed E-state index contributed by atoms with van der Waals surface area (Å²) in [4.78, 5) is 27.7. The number of benzene rings is 2. The molecule has 2 unspecified atom stereocenters. The summed E-state index contributed by atoms with van der Waals surface area (Å²) in [6, 6.07) is 16.8. The first-order chi connectivity index (χ1) is 16.4. The van der Waals surface area contributed by atoms with Gasteiger partial charge in [-0.05, 0) is 37.3 Å². The molecular formula is C28H34N2O4. The molecule has 34 heavy (non-hydrogen) atoms. The third kappa shape index (κ3) is 5.02. The van der Waals surface area contributed by atoms with Gasteiger partial charge >= 0.3 is 5.97 Å². The first-order valence-electron chi connectivity index (χ1n) is 12.2. The maximum absolute atomic E-state index is 13.6. The Hall–Kier alpha value is -3.12. The molecular weight excluding hydrogens is 428 g/mol. The van der Waals surface area contributed by atoms with Crippen LogP contribution in [0, 0.1) is 11.3 Å². The van der Waals surface area contributed by atoms with Crippen LogP contribution in [0.25, 0.3) is 6.08 Å². The molecule has 0 radical (unpaired) electrons. The fourth-order valence-corrected chi connectivity index (χ4v) is 5.41. The monoisotopic (exact) mass is 462 g/mol. The molecule has 0 aromatic heterocycles. The van der Waals surface area contributed by atoms with Crippen LogP contribution in [0.5, 0.6) is 5.75 Å². The number of likely N-dealkylation sites (tertiary alicyclic amines) is 1. The quantitative estimate of drug-likeness (QED) is 0.645. The molecule has 6 heteroatoms. The SMILES string of the molecule is CCC(C1=Cc2ccccc2OCC1)[C@@H](N)C(=O)N1CCCC(Cc2ccccc2)(C(=O)O)C1. The van der Waals surface area contributed by atoms with Crippen molar-refractivity contribution in [2.75, 3.05) is 19.7 Å². The van der Waals surface area contributed by atoms with Crippen molar-refractivity contribution in [1.82, 2.24) is 4.90 Å². The Morgan fingerprint density at radius 2 is 1.88 bits per heavy atom. The molecule has 3 N–H and O–H groups in total. The van der Waals surface area contributed by atoms with E-state index in [2.05, 4.69) is 6.08 Å². The van der Waals surface area contributed by atoms with Gasteiger partial charge in [-0.1, -0.05) is 67.1 Å². The average Bonchev–Trinajstić information content (AvgIpc) is 3.07. The summed E-state index contributed by atoms with van der Waals surface area (Å²) in [7, 11) is 0. The summed E-state index contributed by atoms with van der Waals surface area (Å²) in [5.41, 5.74) is 8.69. The standard InChI is InChI=1S/C28H34N2O4/c1-2-23(21-13-16-34-24-12-7-6-11-22(24)17-21)25(29)26(31)30-15-8-14-28(19-30,27(32)33)18-20-9-4-3-5-10-20/h3-7,9-12,17,23,25H,2,8,13-16,18-19,29H2,1H3,(H,32,33)/t23?,25-,28?/m1/s1. The van der Waals surface area contributed by atoms with Gasteiger partial charge in [0.25, 0.3) is 0 Å². The zero-order valence-electron chi connectivity index (χ0n) is 19.8. The number of rotatable bonds is 7. The Balaban J connectivity index is 1.54. The van der Waals surface area contributed by atoms with Gasteiger partial charge in [0.2, 0.25) is 5.91 Å². The molecule has 1 amide bonds. The number of carboxylic acid groups (broad SMARTS) is 1. The molecule has 3 atom stereocenters. The molecule has 1 saturated heterocycles. The maximum atomic E-state index is 13.6. The van der Waals surface area contributed by atoms with E-state index in [-0.39, 0.29) is 18.4 Å². The van der Waals surface area contributed by atoms with Crippen molar-refractivity contribution >= 4 is 18.0 Å². The van der Waals surface area contributed by atoms with Gasteiger partial charge in [-0.25, -0.2) is 0 Å². The van der Waals surface area contributed by atoms with Crippen molar-refractivity contribution in [3.8, 4) is 5.75 Å². The van der Waals surface area contributed by atoms with E-state index >= 15 is 0 Å². The van der Waals surface area contributed by atoms with Gasteiger partial charge in [0.1, 0.15) is 5.75 Å². The summed E-state index contributed by atoms with van der Waals surface area (Å²) >= 11 is 0. The Kier molecular flexibility index (Phi) is 7.37. The largest absolute Gasteiger partial charge is 0.493 e. The summed E-state index contributed by atoms with van der Waals surface area (Å²) in [5, 5.41) is 10.2. The number of nitrogens with two attached hydrogens (primary N) is 1. The van der Waals surface area contributed by atoms with Crippen molar-refractivity contribution < 1.29 is 19.4 Å². The number of hydrogen-bond donors (Lipinski definition) is 2. The van der Waals surface area contributed by atoms with Gasteiger partial charge in [0.15, 0.2) is 0 Å². The van der Waals surface area contributed by atoms with Gasteiger partial charge in [0.05, 0.1) is 18.1 Å². The van der Waals surface area contributed by atoms with Crippen LogP contribution in [0.4, 0.5) is 0 Å². The van der Waals surface area contributed by atoms with Crippen LogP contribution in [-0.4, -0.2) is 47.6 Å². The number of fused-ring (bicyclic) bond motifs is 1. The molecule has 2 aliphatic rings. The molecule has 2 aliphatic heterocycles. The van der Waals surface area contributed by atoms with Crippen molar-refractivity contribution in [3.05, 3.63) is 71.3 Å². The van der Waals surface area contributed by atoms with E-state index in [0.717, 1.165) is 28.9 Å². The number of nitrogens with zero attached hydrogens (tertiary/aromatic N) is 1. The van der Waals surface area contributed by atoms with Crippen LogP contribution in [0.15, 0.2) is 60.2 Å². The molecule has 180 valence electrons. The van der Waals surface area contributed by atoms with Crippen LogP contribution in [0.3, 0.4) is 0 Å². The summed E-state index contributed by atoms with van der Waals surface area (Å²) < 4.78 is 5.89. The van der Waals surface area contributed by atoms with Gasteiger partial charge in [-0.2, -0.15) is 0 Å². The Morgan fingerprint density at radius 1 is 1.15 bits per heavy atom. The number of hydrogen-bond acceptors (Lipinski definition) is 4. The smallest absolute Gasteiger partial charge is 0.311 e. The topological polar surface area (TPSA) is 92.9 Å². The molecule has 0 spiro atoms. The fourth-order valence-electron chi connectivity index (χ4n) is 5.41. The van der Waals surface area contributed by atoms with Gasteiger partial charge < -0.3 is 20.5 Å². The van der Waals surface area contributed by atoms with E-state index in [9.17, 15) is 14.7 Å². The highest BCUT2D eigenvalue weighted by atomic mass is 16.5. The van der Waals surface area contributed by atoms with Crippen molar-refractivity contribution in [1.29, 1.82) is 0 Å². The fraction of sp³-hybridized carbons (Fsp3) is 0.429. The molecule has 2 aromatic rings. The minimum absolute atomic E-state index is 0.127. The number of amides is 1. The second-order valence-corrected chi connectivity index (χ2v) is 9.51. The lowest BCUT2D eigenvalue weighted by Crippen LogP contribution is -2.56. The van der Waals surface area contributed by atoms with E-state index in [1.165, 1.54) is 0 Å². The molecule has 2 aromatic carbocycles. The molecule has 1 fully saturated rings. The predicted molar refractivity (Wildman–Crippen MR) is 132 cm³/mol. The van der Waals surface area contributed by atoms with Crippen molar-refractivity contribution in [2.24, 2.45) is 17.1 Å². The van der Waals surface area contributed by atoms with Gasteiger partial charge in [0, 0.05) is 31.0 Å². The second-order valence-electron chi connectivity index (χ2n) is 9.51. The van der Waals surface area contributed by atoms with E-state index < -0.39 is 17.4 Å². The molecule has 0 saturated carbocycles. The minimum Gasteiger partial charge on any atom is -0.493 e. The Bertz CT molecular complexity index is 1050. The molecule has 4 rings (SSSR count). The van der Waals surface area contributed by atoms with Crippen LogP contribution in [-0.2, 0) is 16.0 Å². The molecule has 0 bridgehead atoms.